The van der Waals surface area contributed by atoms with Gasteiger partial charge in [0.25, 0.3) is 0 Å². The van der Waals surface area contributed by atoms with E-state index in [9.17, 15) is 4.79 Å². The van der Waals surface area contributed by atoms with Gasteiger partial charge in [-0.1, -0.05) is 12.1 Å². The summed E-state index contributed by atoms with van der Waals surface area (Å²) in [5.41, 5.74) is 0.341. The Labute approximate surface area is 80.7 Å². The van der Waals surface area contributed by atoms with Gasteiger partial charge in [0.15, 0.2) is 0 Å². The number of H-pyrrole nitrogens is 1. The number of tetrazole rings is 1. The summed E-state index contributed by atoms with van der Waals surface area (Å²) in [5, 5.41) is 13.1. The minimum absolute atomic E-state index is 0.207. The number of aromatic amines is 1. The Balaban J connectivity index is 2.99. The highest BCUT2D eigenvalue weighted by Gasteiger charge is 2.16. The molecule has 1 N–H and O–H groups in total. The molecule has 1 aromatic rings. The van der Waals surface area contributed by atoms with Crippen LogP contribution in [0.15, 0.2) is 9.95 Å². The predicted octanol–water partition coefficient (Wildman–Crippen LogP) is -0.0602. The largest absolute Gasteiger partial charge is 0.399 e. The quantitative estimate of drug-likeness (QED) is 0.543. The van der Waals surface area contributed by atoms with Crippen LogP contribution in [0.1, 0.15) is 26.3 Å². The van der Waals surface area contributed by atoms with Crippen molar-refractivity contribution < 1.29 is 4.84 Å². The summed E-state index contributed by atoms with van der Waals surface area (Å²) in [5.74, 6) is 0. The summed E-state index contributed by atoms with van der Waals surface area (Å²) >= 11 is 0. The van der Waals surface area contributed by atoms with Crippen LogP contribution in [0.2, 0.25) is 0 Å². The Bertz CT molecular complexity index is 366. The Morgan fingerprint density at radius 1 is 1.79 bits per heavy atom. The van der Waals surface area contributed by atoms with Crippen LogP contribution in [0, 0.1) is 0 Å². The van der Waals surface area contributed by atoms with Crippen LogP contribution in [0.3, 0.4) is 0 Å². The second-order valence-corrected chi connectivity index (χ2v) is 2.79. The maximum absolute atomic E-state index is 11.2. The van der Waals surface area contributed by atoms with Crippen molar-refractivity contribution in [2.24, 2.45) is 5.16 Å². The van der Waals surface area contributed by atoms with Gasteiger partial charge in [-0.25, -0.2) is 9.89 Å². The van der Waals surface area contributed by atoms with Gasteiger partial charge in [-0.2, -0.15) is 4.68 Å². The van der Waals surface area contributed by atoms with E-state index >= 15 is 0 Å². The van der Waals surface area contributed by atoms with Gasteiger partial charge in [-0.15, -0.1) is 0 Å². The molecule has 0 spiro atoms. The highest BCUT2D eigenvalue weighted by atomic mass is 16.6. The number of rotatable bonds is 4. The fraction of sp³-hybridized carbons (Fsp3) is 0.714. The molecule has 0 aliphatic carbocycles. The Hall–Kier alpha value is -1.66. The third-order valence-electron chi connectivity index (χ3n) is 1.89. The van der Waals surface area contributed by atoms with Gasteiger partial charge < -0.3 is 4.84 Å². The average molecular weight is 199 g/mol. The van der Waals surface area contributed by atoms with E-state index in [2.05, 4.69) is 25.5 Å². The molecule has 0 radical (unpaired) electrons. The predicted molar refractivity (Wildman–Crippen MR) is 50.1 cm³/mol. The molecule has 0 saturated carbocycles. The molecule has 1 heterocycles. The van der Waals surface area contributed by atoms with Gasteiger partial charge in [0, 0.05) is 0 Å². The van der Waals surface area contributed by atoms with E-state index in [4.69, 9.17) is 0 Å². The van der Waals surface area contributed by atoms with Crippen molar-refractivity contribution in [1.82, 2.24) is 20.2 Å². The van der Waals surface area contributed by atoms with Crippen molar-refractivity contribution in [2.75, 3.05) is 7.11 Å². The molecule has 0 aliphatic rings. The number of nitrogens with one attached hydrogen (secondary N) is 1. The first kappa shape index (κ1) is 10.4. The van der Waals surface area contributed by atoms with Crippen LogP contribution in [-0.2, 0) is 4.84 Å². The third-order valence-corrected chi connectivity index (χ3v) is 1.89. The third kappa shape index (κ3) is 1.98. The van der Waals surface area contributed by atoms with Crippen molar-refractivity contribution in [3.8, 4) is 0 Å². The monoisotopic (exact) mass is 199 g/mol. The van der Waals surface area contributed by atoms with Gasteiger partial charge in [-0.3, -0.25) is 0 Å². The van der Waals surface area contributed by atoms with E-state index in [0.29, 0.717) is 12.1 Å². The SMILES string of the molecule is CCC(C(C)=NOC)n1nn[nH]c1=O. The van der Waals surface area contributed by atoms with Crippen molar-refractivity contribution in [2.45, 2.75) is 26.3 Å². The first-order valence-corrected chi connectivity index (χ1v) is 4.28. The molecule has 1 rings (SSSR count). The molecule has 1 aromatic heterocycles. The minimum Gasteiger partial charge on any atom is -0.399 e. The fourth-order valence-corrected chi connectivity index (χ4v) is 1.26. The van der Waals surface area contributed by atoms with Crippen LogP contribution in [0.5, 0.6) is 0 Å². The van der Waals surface area contributed by atoms with E-state index < -0.39 is 0 Å². The average Bonchev–Trinajstić information content (AvgIpc) is 2.54. The van der Waals surface area contributed by atoms with E-state index in [-0.39, 0.29) is 11.7 Å². The Kier molecular flexibility index (Phi) is 3.38. The Morgan fingerprint density at radius 3 is 2.93 bits per heavy atom. The fourth-order valence-electron chi connectivity index (χ4n) is 1.26. The van der Waals surface area contributed by atoms with Crippen LogP contribution in [0.25, 0.3) is 0 Å². The molecule has 0 aliphatic heterocycles. The first-order valence-electron chi connectivity index (χ1n) is 4.28. The lowest BCUT2D eigenvalue weighted by molar-refractivity contribution is 0.210. The van der Waals surface area contributed by atoms with Gasteiger partial charge in [0.1, 0.15) is 13.2 Å². The molecule has 0 amide bonds. The summed E-state index contributed by atoms with van der Waals surface area (Å²) in [6.07, 6.45) is 0.700. The van der Waals surface area contributed by atoms with E-state index in [0.717, 1.165) is 0 Å². The topological polar surface area (TPSA) is 85.2 Å². The highest BCUT2D eigenvalue weighted by Crippen LogP contribution is 2.08. The highest BCUT2D eigenvalue weighted by molar-refractivity contribution is 5.85. The maximum atomic E-state index is 11.2. The van der Waals surface area contributed by atoms with Gasteiger partial charge >= 0.3 is 5.69 Å². The first-order chi connectivity index (χ1) is 6.70. The molecule has 1 atom stereocenters. The lowest BCUT2D eigenvalue weighted by Gasteiger charge is -2.11. The van der Waals surface area contributed by atoms with Crippen molar-refractivity contribution >= 4 is 5.71 Å². The summed E-state index contributed by atoms with van der Waals surface area (Å²) < 4.78 is 1.25. The van der Waals surface area contributed by atoms with E-state index in [1.807, 2.05) is 6.92 Å². The number of nitrogens with zero attached hydrogens (tertiary/aromatic N) is 4. The number of hydrogen-bond acceptors (Lipinski definition) is 5. The second kappa shape index (κ2) is 4.54. The summed E-state index contributed by atoms with van der Waals surface area (Å²) in [4.78, 5) is 15.9. The molecule has 7 heteroatoms. The van der Waals surface area contributed by atoms with Gasteiger partial charge in [0.2, 0.25) is 0 Å². The van der Waals surface area contributed by atoms with E-state index in [1.54, 1.807) is 6.92 Å². The molecular weight excluding hydrogens is 186 g/mol. The van der Waals surface area contributed by atoms with Crippen molar-refractivity contribution in [3.63, 3.8) is 0 Å². The molecule has 0 saturated heterocycles. The van der Waals surface area contributed by atoms with Crippen LogP contribution in [-0.4, -0.2) is 33.0 Å². The normalized spacial score (nSPS) is 14.1. The van der Waals surface area contributed by atoms with Gasteiger partial charge in [0.05, 0.1) is 5.71 Å². The summed E-state index contributed by atoms with van der Waals surface area (Å²) in [6, 6.07) is -0.207. The molecular formula is C7H13N5O2. The van der Waals surface area contributed by atoms with Crippen molar-refractivity contribution in [1.29, 1.82) is 0 Å². The molecule has 7 nitrogen and oxygen atoms in total. The zero-order valence-electron chi connectivity index (χ0n) is 8.39. The lowest BCUT2D eigenvalue weighted by Crippen LogP contribution is -2.27. The smallest absolute Gasteiger partial charge is 0.361 e. The van der Waals surface area contributed by atoms with Crippen LogP contribution < -0.4 is 5.69 Å². The zero-order valence-corrected chi connectivity index (χ0v) is 8.39. The number of oxime groups is 1. The molecule has 1 unspecified atom stereocenters. The number of aromatic nitrogens is 4. The molecule has 0 fully saturated rings. The Morgan fingerprint density at radius 2 is 2.50 bits per heavy atom. The van der Waals surface area contributed by atoms with E-state index in [1.165, 1.54) is 11.8 Å². The molecule has 0 bridgehead atoms. The minimum atomic E-state index is -0.345. The van der Waals surface area contributed by atoms with Crippen molar-refractivity contribution in [3.05, 3.63) is 10.5 Å². The number of hydrogen-bond donors (Lipinski definition) is 1. The van der Waals surface area contributed by atoms with Crippen LogP contribution >= 0.6 is 0 Å². The zero-order chi connectivity index (χ0) is 10.6. The molecule has 78 valence electrons. The van der Waals surface area contributed by atoms with Crippen LogP contribution in [0.4, 0.5) is 0 Å². The standard InChI is InChI=1S/C7H13N5O2/c1-4-6(5(2)9-14-3)12-7(13)8-10-11-12/h6H,4H2,1-3H3,(H,8,11,13). The maximum Gasteiger partial charge on any atom is 0.361 e. The second-order valence-electron chi connectivity index (χ2n) is 2.79. The summed E-state index contributed by atoms with van der Waals surface area (Å²) in [7, 11) is 1.46. The molecule has 14 heavy (non-hydrogen) atoms. The van der Waals surface area contributed by atoms with Gasteiger partial charge in [-0.05, 0) is 23.8 Å². The molecule has 0 aromatic carbocycles. The summed E-state index contributed by atoms with van der Waals surface area (Å²) in [6.45, 7) is 3.71. The lowest BCUT2D eigenvalue weighted by atomic mass is 10.1.